The van der Waals surface area contributed by atoms with Crippen LogP contribution in [-0.2, 0) is 0 Å². The van der Waals surface area contributed by atoms with Crippen molar-refractivity contribution in [3.8, 4) is 5.75 Å². The number of aryl methyl sites for hydroxylation is 1. The van der Waals surface area contributed by atoms with Crippen LogP contribution in [0.5, 0.6) is 5.75 Å². The van der Waals surface area contributed by atoms with Gasteiger partial charge >= 0.3 is 0 Å². The van der Waals surface area contributed by atoms with Crippen molar-refractivity contribution in [1.82, 2.24) is 0 Å². The van der Waals surface area contributed by atoms with Crippen LogP contribution in [0.4, 0.5) is 0 Å². The van der Waals surface area contributed by atoms with E-state index < -0.39 is 6.10 Å². The van der Waals surface area contributed by atoms with Crippen molar-refractivity contribution in [3.63, 3.8) is 0 Å². The molecule has 2 aromatic rings. The van der Waals surface area contributed by atoms with Crippen molar-refractivity contribution in [1.29, 1.82) is 0 Å². The fourth-order valence-corrected chi connectivity index (χ4v) is 2.38. The molecule has 2 aromatic carbocycles. The lowest BCUT2D eigenvalue weighted by Crippen LogP contribution is -2.20. The van der Waals surface area contributed by atoms with Gasteiger partial charge in [0.1, 0.15) is 5.75 Å². The van der Waals surface area contributed by atoms with Crippen molar-refractivity contribution >= 4 is 6.08 Å². The predicted octanol–water partition coefficient (Wildman–Crippen LogP) is 3.75. The Morgan fingerprint density at radius 1 is 1.10 bits per heavy atom. The molecule has 3 rings (SSSR count). The van der Waals surface area contributed by atoms with Gasteiger partial charge in [0, 0.05) is 17.2 Å². The third kappa shape index (κ3) is 2.05. The average molecular weight is 267 g/mol. The molecule has 0 saturated heterocycles. The first-order valence-electron chi connectivity index (χ1n) is 6.34. The monoisotopic (exact) mass is 267 g/mol. The maximum Gasteiger partial charge on any atom is 0.291 e. The second-order valence-corrected chi connectivity index (χ2v) is 4.72. The number of para-hydroxylation sites is 1. The highest BCUT2D eigenvalue weighted by molar-refractivity contribution is 5.62. The third-order valence-corrected chi connectivity index (χ3v) is 3.42. The van der Waals surface area contributed by atoms with Crippen molar-refractivity contribution < 1.29 is 9.66 Å². The van der Waals surface area contributed by atoms with Gasteiger partial charge in [0.25, 0.3) is 5.70 Å². The average Bonchev–Trinajstić information content (AvgIpc) is 2.46. The molecule has 0 bridgehead atoms. The van der Waals surface area contributed by atoms with Crippen LogP contribution in [0.2, 0.25) is 0 Å². The molecular weight excluding hydrogens is 254 g/mol. The molecule has 1 unspecified atom stereocenters. The number of hydrogen-bond acceptors (Lipinski definition) is 3. The second kappa shape index (κ2) is 4.81. The van der Waals surface area contributed by atoms with Crippen LogP contribution in [-0.4, -0.2) is 4.92 Å². The molecule has 20 heavy (non-hydrogen) atoms. The first-order chi connectivity index (χ1) is 9.66. The van der Waals surface area contributed by atoms with Gasteiger partial charge in [-0.25, -0.2) is 0 Å². The number of fused-ring (bicyclic) bond motifs is 1. The summed E-state index contributed by atoms with van der Waals surface area (Å²) < 4.78 is 5.86. The van der Waals surface area contributed by atoms with Gasteiger partial charge < -0.3 is 4.74 Å². The molecular formula is C16H13NO3. The van der Waals surface area contributed by atoms with E-state index in [1.165, 1.54) is 0 Å². The lowest BCUT2D eigenvalue weighted by molar-refractivity contribution is -0.434. The van der Waals surface area contributed by atoms with Gasteiger partial charge in [-0.1, -0.05) is 42.5 Å². The van der Waals surface area contributed by atoms with Crippen molar-refractivity contribution in [3.05, 3.63) is 81.0 Å². The summed E-state index contributed by atoms with van der Waals surface area (Å²) in [7, 11) is 0. The standard InChI is InChI=1S/C16H13NO3/c1-11-6-2-4-8-13(11)16-14(17(18)19)10-12-7-3-5-9-15(12)20-16/h2-10,16H,1H3. The Balaban J connectivity index is 2.13. The summed E-state index contributed by atoms with van der Waals surface area (Å²) in [6.45, 7) is 1.93. The van der Waals surface area contributed by atoms with E-state index >= 15 is 0 Å². The van der Waals surface area contributed by atoms with E-state index in [9.17, 15) is 10.1 Å². The van der Waals surface area contributed by atoms with Gasteiger partial charge in [0.2, 0.25) is 6.10 Å². The van der Waals surface area contributed by atoms with E-state index in [1.807, 2.05) is 55.5 Å². The normalized spacial score (nSPS) is 16.9. The first kappa shape index (κ1) is 12.4. The Kier molecular flexibility index (Phi) is 2.99. The van der Waals surface area contributed by atoms with Crippen LogP contribution >= 0.6 is 0 Å². The second-order valence-electron chi connectivity index (χ2n) is 4.72. The lowest BCUT2D eigenvalue weighted by atomic mass is 9.97. The fourth-order valence-electron chi connectivity index (χ4n) is 2.38. The number of nitro groups is 1. The van der Waals surface area contributed by atoms with Crippen molar-refractivity contribution in [2.24, 2.45) is 0 Å². The molecule has 0 aliphatic carbocycles. The summed E-state index contributed by atoms with van der Waals surface area (Å²) in [5.41, 5.74) is 2.61. The van der Waals surface area contributed by atoms with E-state index in [0.29, 0.717) is 5.75 Å². The minimum atomic E-state index is -0.666. The van der Waals surface area contributed by atoms with Crippen LogP contribution in [0.3, 0.4) is 0 Å². The summed E-state index contributed by atoms with van der Waals surface area (Å²) in [6, 6.07) is 14.9. The Morgan fingerprint density at radius 2 is 1.80 bits per heavy atom. The van der Waals surface area contributed by atoms with Gasteiger partial charge in [-0.05, 0) is 18.6 Å². The number of benzene rings is 2. The van der Waals surface area contributed by atoms with Crippen molar-refractivity contribution in [2.45, 2.75) is 13.0 Å². The van der Waals surface area contributed by atoms with E-state index in [2.05, 4.69) is 0 Å². The zero-order chi connectivity index (χ0) is 14.1. The topological polar surface area (TPSA) is 52.4 Å². The highest BCUT2D eigenvalue weighted by Gasteiger charge is 2.33. The molecule has 0 aromatic heterocycles. The quantitative estimate of drug-likeness (QED) is 0.615. The minimum absolute atomic E-state index is 0.0676. The van der Waals surface area contributed by atoms with Crippen LogP contribution in [0, 0.1) is 17.0 Å². The van der Waals surface area contributed by atoms with E-state index in [4.69, 9.17) is 4.74 Å². The molecule has 0 fully saturated rings. The Bertz CT molecular complexity index is 706. The number of hydrogen-bond donors (Lipinski definition) is 0. The van der Waals surface area contributed by atoms with Gasteiger partial charge in [0.05, 0.1) is 4.92 Å². The van der Waals surface area contributed by atoms with E-state index in [1.54, 1.807) is 6.08 Å². The number of ether oxygens (including phenoxy) is 1. The molecule has 1 aliphatic rings. The van der Waals surface area contributed by atoms with Gasteiger partial charge in [-0.3, -0.25) is 10.1 Å². The van der Waals surface area contributed by atoms with Crippen LogP contribution in [0.15, 0.2) is 54.2 Å². The summed E-state index contributed by atoms with van der Waals surface area (Å²) in [5.74, 6) is 0.673. The summed E-state index contributed by atoms with van der Waals surface area (Å²) in [6.07, 6.45) is 0.928. The van der Waals surface area contributed by atoms with Crippen LogP contribution in [0.25, 0.3) is 6.08 Å². The number of nitrogens with zero attached hydrogens (tertiary/aromatic N) is 1. The van der Waals surface area contributed by atoms with Crippen molar-refractivity contribution in [2.75, 3.05) is 0 Å². The minimum Gasteiger partial charge on any atom is -0.474 e. The van der Waals surface area contributed by atoms with E-state index in [-0.39, 0.29) is 10.6 Å². The Hall–Kier alpha value is -2.62. The smallest absolute Gasteiger partial charge is 0.291 e. The summed E-state index contributed by atoms with van der Waals surface area (Å²) >= 11 is 0. The molecule has 0 saturated carbocycles. The molecule has 0 spiro atoms. The molecule has 4 nitrogen and oxygen atoms in total. The zero-order valence-electron chi connectivity index (χ0n) is 10.9. The molecule has 1 heterocycles. The Morgan fingerprint density at radius 3 is 2.55 bits per heavy atom. The summed E-state index contributed by atoms with van der Waals surface area (Å²) in [4.78, 5) is 10.9. The highest BCUT2D eigenvalue weighted by Crippen LogP contribution is 2.38. The largest absolute Gasteiger partial charge is 0.474 e. The predicted molar refractivity (Wildman–Crippen MR) is 76.0 cm³/mol. The Labute approximate surface area is 116 Å². The fraction of sp³-hybridized carbons (Fsp3) is 0.125. The third-order valence-electron chi connectivity index (χ3n) is 3.42. The zero-order valence-corrected chi connectivity index (χ0v) is 10.9. The highest BCUT2D eigenvalue weighted by atomic mass is 16.6. The SMILES string of the molecule is Cc1ccccc1C1Oc2ccccc2C=C1[N+](=O)[O-]. The molecule has 1 aliphatic heterocycles. The molecule has 0 amide bonds. The van der Waals surface area contributed by atoms with E-state index in [0.717, 1.165) is 16.7 Å². The first-order valence-corrected chi connectivity index (χ1v) is 6.34. The van der Waals surface area contributed by atoms with Gasteiger partial charge in [-0.2, -0.15) is 0 Å². The van der Waals surface area contributed by atoms with Gasteiger partial charge in [0.15, 0.2) is 0 Å². The van der Waals surface area contributed by atoms with Crippen LogP contribution < -0.4 is 4.74 Å². The molecule has 0 radical (unpaired) electrons. The lowest BCUT2D eigenvalue weighted by Gasteiger charge is -2.23. The molecule has 0 N–H and O–H groups in total. The maximum atomic E-state index is 11.3. The maximum absolute atomic E-state index is 11.3. The molecule has 1 atom stereocenters. The number of rotatable bonds is 2. The summed E-state index contributed by atoms with van der Waals surface area (Å²) in [5, 5.41) is 11.3. The molecule has 100 valence electrons. The van der Waals surface area contributed by atoms with Gasteiger partial charge in [-0.15, -0.1) is 0 Å². The van der Waals surface area contributed by atoms with Crippen LogP contribution in [0.1, 0.15) is 22.8 Å². The molecule has 4 heteroatoms.